The first-order valence-electron chi connectivity index (χ1n) is 5.65. The fraction of sp³-hybridized carbons (Fsp3) is 1.00. The standard InChI is InChI=1S/C11H23NO/c1-3-5-6-9-13-11(12,4-2)10-7-8-10/h10H,3-9,12H2,1-2H3. The summed E-state index contributed by atoms with van der Waals surface area (Å²) in [7, 11) is 0. The quantitative estimate of drug-likeness (QED) is 0.489. The van der Waals surface area contributed by atoms with Gasteiger partial charge in [-0.2, -0.15) is 0 Å². The maximum absolute atomic E-state index is 6.16. The molecular formula is C11H23NO. The van der Waals surface area contributed by atoms with Crippen LogP contribution in [0.25, 0.3) is 0 Å². The van der Waals surface area contributed by atoms with Gasteiger partial charge in [0.1, 0.15) is 5.72 Å². The Kier molecular flexibility index (Phi) is 4.20. The Morgan fingerprint density at radius 1 is 1.31 bits per heavy atom. The van der Waals surface area contributed by atoms with Crippen molar-refractivity contribution in [1.82, 2.24) is 0 Å². The highest BCUT2D eigenvalue weighted by Crippen LogP contribution is 2.40. The Bertz CT molecular complexity index is 145. The Balaban J connectivity index is 2.15. The summed E-state index contributed by atoms with van der Waals surface area (Å²) in [6, 6.07) is 0. The lowest BCUT2D eigenvalue weighted by molar-refractivity contribution is -0.0620. The molecule has 2 nitrogen and oxygen atoms in total. The lowest BCUT2D eigenvalue weighted by Gasteiger charge is -2.28. The Labute approximate surface area is 81.8 Å². The predicted molar refractivity (Wildman–Crippen MR) is 55.4 cm³/mol. The first-order valence-corrected chi connectivity index (χ1v) is 5.65. The van der Waals surface area contributed by atoms with Crippen LogP contribution in [0.15, 0.2) is 0 Å². The molecule has 0 saturated heterocycles. The van der Waals surface area contributed by atoms with Gasteiger partial charge in [0.05, 0.1) is 0 Å². The summed E-state index contributed by atoms with van der Waals surface area (Å²) in [4.78, 5) is 0. The predicted octanol–water partition coefficient (Wildman–Crippen LogP) is 2.67. The second-order valence-electron chi connectivity index (χ2n) is 4.14. The summed E-state index contributed by atoms with van der Waals surface area (Å²) in [6.45, 7) is 5.17. The molecule has 1 atom stereocenters. The van der Waals surface area contributed by atoms with Crippen LogP contribution in [-0.4, -0.2) is 12.3 Å². The lowest BCUT2D eigenvalue weighted by Crippen LogP contribution is -2.44. The number of nitrogens with two attached hydrogens (primary N) is 1. The van der Waals surface area contributed by atoms with E-state index < -0.39 is 0 Å². The van der Waals surface area contributed by atoms with Crippen LogP contribution in [-0.2, 0) is 4.74 Å². The van der Waals surface area contributed by atoms with Crippen LogP contribution < -0.4 is 5.73 Å². The molecule has 0 bridgehead atoms. The molecule has 0 aliphatic heterocycles. The van der Waals surface area contributed by atoms with Crippen LogP contribution in [0.5, 0.6) is 0 Å². The van der Waals surface area contributed by atoms with Crippen molar-refractivity contribution >= 4 is 0 Å². The lowest BCUT2D eigenvalue weighted by atomic mass is 10.1. The highest BCUT2D eigenvalue weighted by Gasteiger charge is 2.41. The van der Waals surface area contributed by atoms with E-state index in [0.717, 1.165) is 19.4 Å². The molecular weight excluding hydrogens is 162 g/mol. The molecule has 1 aliphatic rings. The molecule has 1 saturated carbocycles. The highest BCUT2D eigenvalue weighted by atomic mass is 16.5. The Morgan fingerprint density at radius 2 is 2.00 bits per heavy atom. The van der Waals surface area contributed by atoms with E-state index in [1.807, 2.05) is 0 Å². The zero-order chi connectivity index (χ0) is 9.73. The number of hydrogen-bond donors (Lipinski definition) is 1. The topological polar surface area (TPSA) is 35.2 Å². The molecule has 13 heavy (non-hydrogen) atoms. The second kappa shape index (κ2) is 4.97. The third-order valence-electron chi connectivity index (χ3n) is 2.94. The number of rotatable bonds is 7. The van der Waals surface area contributed by atoms with Crippen molar-refractivity contribution in [3.05, 3.63) is 0 Å². The fourth-order valence-corrected chi connectivity index (χ4v) is 1.69. The molecule has 0 amide bonds. The SMILES string of the molecule is CCCCCOC(N)(CC)C1CC1. The maximum Gasteiger partial charge on any atom is 0.119 e. The molecule has 0 aromatic rings. The largest absolute Gasteiger partial charge is 0.361 e. The normalized spacial score (nSPS) is 21.5. The van der Waals surface area contributed by atoms with E-state index in [2.05, 4.69) is 13.8 Å². The van der Waals surface area contributed by atoms with E-state index in [4.69, 9.17) is 10.5 Å². The van der Waals surface area contributed by atoms with Gasteiger partial charge in [-0.15, -0.1) is 0 Å². The third kappa shape index (κ3) is 3.28. The molecule has 1 rings (SSSR count). The van der Waals surface area contributed by atoms with E-state index in [1.165, 1.54) is 25.7 Å². The monoisotopic (exact) mass is 185 g/mol. The molecule has 0 spiro atoms. The van der Waals surface area contributed by atoms with Crippen molar-refractivity contribution in [2.24, 2.45) is 11.7 Å². The van der Waals surface area contributed by atoms with Crippen molar-refractivity contribution < 1.29 is 4.74 Å². The van der Waals surface area contributed by atoms with Crippen molar-refractivity contribution in [2.45, 2.75) is 58.1 Å². The second-order valence-corrected chi connectivity index (χ2v) is 4.14. The minimum atomic E-state index is -0.298. The molecule has 2 N–H and O–H groups in total. The van der Waals surface area contributed by atoms with Gasteiger partial charge in [-0.1, -0.05) is 26.7 Å². The van der Waals surface area contributed by atoms with Crippen LogP contribution in [0, 0.1) is 5.92 Å². The Morgan fingerprint density at radius 3 is 2.46 bits per heavy atom. The molecule has 1 aliphatic carbocycles. The molecule has 78 valence electrons. The van der Waals surface area contributed by atoms with E-state index in [0.29, 0.717) is 5.92 Å². The highest BCUT2D eigenvalue weighted by molar-refractivity contribution is 4.90. The molecule has 0 heterocycles. The van der Waals surface area contributed by atoms with E-state index in [1.54, 1.807) is 0 Å². The van der Waals surface area contributed by atoms with Gasteiger partial charge in [0.2, 0.25) is 0 Å². The van der Waals surface area contributed by atoms with Crippen molar-refractivity contribution in [3.8, 4) is 0 Å². The summed E-state index contributed by atoms with van der Waals surface area (Å²) in [5, 5.41) is 0. The van der Waals surface area contributed by atoms with E-state index in [-0.39, 0.29) is 5.72 Å². The average Bonchev–Trinajstić information content (AvgIpc) is 2.95. The average molecular weight is 185 g/mol. The molecule has 1 fully saturated rings. The van der Waals surface area contributed by atoms with Crippen LogP contribution >= 0.6 is 0 Å². The van der Waals surface area contributed by atoms with Crippen molar-refractivity contribution in [1.29, 1.82) is 0 Å². The number of hydrogen-bond acceptors (Lipinski definition) is 2. The molecule has 1 unspecified atom stereocenters. The fourth-order valence-electron chi connectivity index (χ4n) is 1.69. The first-order chi connectivity index (χ1) is 6.23. The summed E-state index contributed by atoms with van der Waals surface area (Å²) < 4.78 is 5.78. The molecule has 0 aromatic heterocycles. The van der Waals surface area contributed by atoms with Crippen molar-refractivity contribution in [2.75, 3.05) is 6.61 Å². The van der Waals surface area contributed by atoms with Gasteiger partial charge in [0, 0.05) is 12.5 Å². The van der Waals surface area contributed by atoms with Crippen molar-refractivity contribution in [3.63, 3.8) is 0 Å². The summed E-state index contributed by atoms with van der Waals surface area (Å²) in [6.07, 6.45) is 7.13. The van der Waals surface area contributed by atoms with Gasteiger partial charge in [-0.05, 0) is 25.7 Å². The zero-order valence-electron chi connectivity index (χ0n) is 9.01. The summed E-state index contributed by atoms with van der Waals surface area (Å²) in [5.74, 6) is 0.638. The van der Waals surface area contributed by atoms with Gasteiger partial charge in [0.25, 0.3) is 0 Å². The number of ether oxygens (including phenoxy) is 1. The van der Waals surface area contributed by atoms with Gasteiger partial charge < -0.3 is 10.5 Å². The van der Waals surface area contributed by atoms with Gasteiger partial charge in [-0.3, -0.25) is 0 Å². The molecule has 0 radical (unpaired) electrons. The molecule has 2 heteroatoms. The van der Waals surface area contributed by atoms with Crippen LogP contribution in [0.1, 0.15) is 52.4 Å². The van der Waals surface area contributed by atoms with E-state index in [9.17, 15) is 0 Å². The zero-order valence-corrected chi connectivity index (χ0v) is 9.01. The summed E-state index contributed by atoms with van der Waals surface area (Å²) >= 11 is 0. The first kappa shape index (κ1) is 11.0. The van der Waals surface area contributed by atoms with Gasteiger partial charge in [0.15, 0.2) is 0 Å². The molecule has 0 aromatic carbocycles. The van der Waals surface area contributed by atoms with Crippen LogP contribution in [0.3, 0.4) is 0 Å². The van der Waals surface area contributed by atoms with Crippen LogP contribution in [0.2, 0.25) is 0 Å². The smallest absolute Gasteiger partial charge is 0.119 e. The van der Waals surface area contributed by atoms with Gasteiger partial charge >= 0.3 is 0 Å². The number of unbranched alkanes of at least 4 members (excludes halogenated alkanes) is 2. The Hall–Kier alpha value is -0.0800. The van der Waals surface area contributed by atoms with Gasteiger partial charge in [-0.25, -0.2) is 0 Å². The third-order valence-corrected chi connectivity index (χ3v) is 2.94. The minimum absolute atomic E-state index is 0.298. The van der Waals surface area contributed by atoms with E-state index >= 15 is 0 Å². The maximum atomic E-state index is 6.16. The van der Waals surface area contributed by atoms with Crippen LogP contribution in [0.4, 0.5) is 0 Å². The minimum Gasteiger partial charge on any atom is -0.361 e. The summed E-state index contributed by atoms with van der Waals surface area (Å²) in [5.41, 5.74) is 5.86.